The third kappa shape index (κ3) is 2.96. The van der Waals surface area contributed by atoms with Crippen LogP contribution in [0.4, 0.5) is 5.69 Å². The summed E-state index contributed by atoms with van der Waals surface area (Å²) < 4.78 is 0. The van der Waals surface area contributed by atoms with E-state index in [-0.39, 0.29) is 17.6 Å². The molecule has 3 rings (SSSR count). The van der Waals surface area contributed by atoms with Crippen molar-refractivity contribution in [1.82, 2.24) is 5.01 Å². The first-order valence-corrected chi connectivity index (χ1v) is 7.23. The zero-order valence-electron chi connectivity index (χ0n) is 12.5. The molecule has 6 heteroatoms. The largest absolute Gasteiger partial charge is 0.273 e. The van der Waals surface area contributed by atoms with Crippen molar-refractivity contribution in [3.8, 4) is 0 Å². The molecular formula is C17H15N3O3. The summed E-state index contributed by atoms with van der Waals surface area (Å²) in [6.07, 6.45) is 0.533. The third-order valence-corrected chi connectivity index (χ3v) is 3.81. The molecule has 0 N–H and O–H groups in total. The molecule has 1 atom stereocenters. The number of nitrogens with zero attached hydrogens (tertiary/aromatic N) is 3. The lowest BCUT2D eigenvalue weighted by atomic mass is 9.98. The van der Waals surface area contributed by atoms with E-state index in [0.717, 1.165) is 11.3 Å². The number of amides is 1. The van der Waals surface area contributed by atoms with E-state index in [1.165, 1.54) is 24.1 Å². The van der Waals surface area contributed by atoms with E-state index >= 15 is 0 Å². The van der Waals surface area contributed by atoms with E-state index in [9.17, 15) is 14.9 Å². The number of hydrogen-bond donors (Lipinski definition) is 0. The molecule has 1 aliphatic rings. The van der Waals surface area contributed by atoms with Crippen molar-refractivity contribution < 1.29 is 9.72 Å². The topological polar surface area (TPSA) is 75.8 Å². The van der Waals surface area contributed by atoms with Gasteiger partial charge in [-0.25, -0.2) is 5.01 Å². The maximum atomic E-state index is 11.9. The third-order valence-electron chi connectivity index (χ3n) is 3.81. The van der Waals surface area contributed by atoms with Crippen LogP contribution in [0.25, 0.3) is 0 Å². The summed E-state index contributed by atoms with van der Waals surface area (Å²) in [6.45, 7) is 1.45. The molecule has 2 aromatic carbocycles. The van der Waals surface area contributed by atoms with Gasteiger partial charge in [-0.2, -0.15) is 5.10 Å². The molecule has 0 aromatic heterocycles. The lowest BCUT2D eigenvalue weighted by molar-refractivity contribution is -0.384. The van der Waals surface area contributed by atoms with Crippen molar-refractivity contribution in [3.63, 3.8) is 0 Å². The highest BCUT2D eigenvalue weighted by Gasteiger charge is 2.31. The number of carbonyl (C=O) groups is 1. The van der Waals surface area contributed by atoms with Gasteiger partial charge in [-0.05, 0) is 11.1 Å². The van der Waals surface area contributed by atoms with Crippen molar-refractivity contribution in [2.45, 2.75) is 19.4 Å². The Morgan fingerprint density at radius 1 is 1.22 bits per heavy atom. The fourth-order valence-electron chi connectivity index (χ4n) is 2.71. The molecule has 1 aliphatic heterocycles. The first-order valence-electron chi connectivity index (χ1n) is 7.23. The highest BCUT2D eigenvalue weighted by molar-refractivity contribution is 6.03. The van der Waals surface area contributed by atoms with E-state index in [4.69, 9.17) is 0 Å². The van der Waals surface area contributed by atoms with Gasteiger partial charge in [0.1, 0.15) is 0 Å². The van der Waals surface area contributed by atoms with Crippen LogP contribution in [-0.4, -0.2) is 21.6 Å². The first kappa shape index (κ1) is 14.9. The number of non-ortho nitro benzene ring substituents is 1. The summed E-state index contributed by atoms with van der Waals surface area (Å²) in [6, 6.07) is 15.7. The molecule has 23 heavy (non-hydrogen) atoms. The SMILES string of the molecule is CC(=O)N1N=C(c2ccccc2)C[C@@H]1c1cccc([N+](=O)[O-])c1. The van der Waals surface area contributed by atoms with Gasteiger partial charge in [-0.15, -0.1) is 0 Å². The summed E-state index contributed by atoms with van der Waals surface area (Å²) in [5.74, 6) is -0.188. The quantitative estimate of drug-likeness (QED) is 0.645. The summed E-state index contributed by atoms with van der Waals surface area (Å²) in [7, 11) is 0. The number of hydrogen-bond acceptors (Lipinski definition) is 4. The lowest BCUT2D eigenvalue weighted by Crippen LogP contribution is -2.24. The minimum absolute atomic E-state index is 0.0131. The summed E-state index contributed by atoms with van der Waals surface area (Å²) >= 11 is 0. The van der Waals surface area contributed by atoms with Crippen LogP contribution in [-0.2, 0) is 4.79 Å². The molecule has 0 fully saturated rings. The van der Waals surface area contributed by atoms with Gasteiger partial charge in [-0.3, -0.25) is 14.9 Å². The molecule has 0 saturated heterocycles. The van der Waals surface area contributed by atoms with Gasteiger partial charge < -0.3 is 0 Å². The van der Waals surface area contributed by atoms with Crippen LogP contribution < -0.4 is 0 Å². The number of rotatable bonds is 3. The van der Waals surface area contributed by atoms with Gasteiger partial charge in [0.15, 0.2) is 0 Å². The minimum Gasteiger partial charge on any atom is -0.273 e. The number of carbonyl (C=O) groups excluding carboxylic acids is 1. The Bertz CT molecular complexity index is 787. The van der Waals surface area contributed by atoms with E-state index < -0.39 is 4.92 Å². The Morgan fingerprint density at radius 2 is 1.96 bits per heavy atom. The molecule has 1 heterocycles. The average molecular weight is 309 g/mol. The summed E-state index contributed by atoms with van der Waals surface area (Å²) in [4.78, 5) is 22.4. The highest BCUT2D eigenvalue weighted by Crippen LogP contribution is 2.34. The van der Waals surface area contributed by atoms with Crippen molar-refractivity contribution >= 4 is 17.3 Å². The van der Waals surface area contributed by atoms with Gasteiger partial charge >= 0.3 is 0 Å². The normalized spacial score (nSPS) is 17.0. The van der Waals surface area contributed by atoms with Crippen molar-refractivity contribution in [2.75, 3.05) is 0 Å². The molecule has 2 aromatic rings. The maximum Gasteiger partial charge on any atom is 0.269 e. The van der Waals surface area contributed by atoms with Crippen LogP contribution in [0.3, 0.4) is 0 Å². The Hall–Kier alpha value is -3.02. The van der Waals surface area contributed by atoms with Gasteiger partial charge in [0.2, 0.25) is 5.91 Å². The molecule has 0 radical (unpaired) electrons. The van der Waals surface area contributed by atoms with Crippen LogP contribution in [0.15, 0.2) is 59.7 Å². The average Bonchev–Trinajstić information content (AvgIpc) is 3.01. The molecule has 1 amide bonds. The standard InChI is InChI=1S/C17H15N3O3/c1-12(21)19-17(14-8-5-9-15(10-14)20(22)23)11-16(18-19)13-6-3-2-4-7-13/h2-10,17H,11H2,1H3/t17-/m1/s1. The second-order valence-electron chi connectivity index (χ2n) is 5.35. The molecule has 116 valence electrons. The van der Waals surface area contributed by atoms with Crippen LogP contribution in [0.5, 0.6) is 0 Å². The fraction of sp³-hybridized carbons (Fsp3) is 0.176. The smallest absolute Gasteiger partial charge is 0.269 e. The molecule has 0 unspecified atom stereocenters. The predicted octanol–water partition coefficient (Wildman–Crippen LogP) is 3.29. The van der Waals surface area contributed by atoms with Crippen molar-refractivity contribution in [3.05, 3.63) is 75.8 Å². The van der Waals surface area contributed by atoms with Crippen molar-refractivity contribution in [1.29, 1.82) is 0 Å². The van der Waals surface area contributed by atoms with Crippen LogP contribution in [0.2, 0.25) is 0 Å². The summed E-state index contributed by atoms with van der Waals surface area (Å²) in [5.41, 5.74) is 2.48. The number of nitro groups is 1. The number of hydrazone groups is 1. The zero-order valence-corrected chi connectivity index (χ0v) is 12.5. The van der Waals surface area contributed by atoms with Crippen LogP contribution >= 0.6 is 0 Å². The van der Waals surface area contributed by atoms with Gasteiger partial charge in [-0.1, -0.05) is 42.5 Å². The number of benzene rings is 2. The van der Waals surface area contributed by atoms with Crippen LogP contribution in [0, 0.1) is 10.1 Å². The lowest BCUT2D eigenvalue weighted by Gasteiger charge is -2.20. The monoisotopic (exact) mass is 309 g/mol. The Morgan fingerprint density at radius 3 is 2.61 bits per heavy atom. The Balaban J connectivity index is 1.96. The summed E-state index contributed by atoms with van der Waals surface area (Å²) in [5, 5.41) is 16.8. The second kappa shape index (κ2) is 6.00. The minimum atomic E-state index is -0.435. The Kier molecular flexibility index (Phi) is 3.89. The number of nitro benzene ring substituents is 1. The van der Waals surface area contributed by atoms with Gasteiger partial charge in [0, 0.05) is 25.5 Å². The first-order chi connectivity index (χ1) is 11.1. The highest BCUT2D eigenvalue weighted by atomic mass is 16.6. The maximum absolute atomic E-state index is 11.9. The predicted molar refractivity (Wildman–Crippen MR) is 86.0 cm³/mol. The zero-order chi connectivity index (χ0) is 16.4. The van der Waals surface area contributed by atoms with Gasteiger partial charge in [0.05, 0.1) is 16.7 Å². The Labute approximate surface area is 133 Å². The second-order valence-corrected chi connectivity index (χ2v) is 5.35. The van der Waals surface area contributed by atoms with Crippen LogP contribution in [0.1, 0.15) is 30.5 Å². The van der Waals surface area contributed by atoms with Crippen molar-refractivity contribution in [2.24, 2.45) is 5.10 Å². The molecule has 0 spiro atoms. The molecule has 0 saturated carbocycles. The molecular weight excluding hydrogens is 294 g/mol. The molecule has 6 nitrogen and oxygen atoms in total. The van der Waals surface area contributed by atoms with E-state index in [0.29, 0.717) is 12.0 Å². The molecule has 0 bridgehead atoms. The van der Waals surface area contributed by atoms with E-state index in [2.05, 4.69) is 5.10 Å². The van der Waals surface area contributed by atoms with Gasteiger partial charge in [0.25, 0.3) is 5.69 Å². The van der Waals surface area contributed by atoms with E-state index in [1.807, 2.05) is 30.3 Å². The van der Waals surface area contributed by atoms with E-state index in [1.54, 1.807) is 12.1 Å². The molecule has 0 aliphatic carbocycles. The fourth-order valence-corrected chi connectivity index (χ4v) is 2.71.